The van der Waals surface area contributed by atoms with Gasteiger partial charge in [0.15, 0.2) is 11.6 Å². The molecule has 1 fully saturated rings. The summed E-state index contributed by atoms with van der Waals surface area (Å²) in [5.74, 6) is -0.589. The van der Waals surface area contributed by atoms with Gasteiger partial charge in [-0.2, -0.15) is 0 Å². The number of rotatable bonds is 4. The minimum Gasteiger partial charge on any atom is -0.465 e. The number of halogens is 2. The Labute approximate surface area is 182 Å². The Balaban J connectivity index is 1.67. The van der Waals surface area contributed by atoms with Gasteiger partial charge in [0.1, 0.15) is 17.0 Å². The summed E-state index contributed by atoms with van der Waals surface area (Å²) in [4.78, 5) is 24.6. The largest absolute Gasteiger partial charge is 0.465 e. The molecule has 0 saturated carbocycles. The third-order valence-corrected chi connectivity index (χ3v) is 5.63. The van der Waals surface area contributed by atoms with Crippen LogP contribution in [-0.4, -0.2) is 66.0 Å². The number of likely N-dealkylation sites (tertiary alicyclic amines) is 1. The van der Waals surface area contributed by atoms with Gasteiger partial charge in [-0.3, -0.25) is 0 Å². The number of hydrogen-bond donors (Lipinski definition) is 3. The summed E-state index contributed by atoms with van der Waals surface area (Å²) < 4.78 is 31.3. The van der Waals surface area contributed by atoms with Gasteiger partial charge in [-0.1, -0.05) is 0 Å². The lowest BCUT2D eigenvalue weighted by atomic mass is 10.0. The number of aryl methyl sites for hydroxylation is 1. The fourth-order valence-electron chi connectivity index (χ4n) is 4.14. The summed E-state index contributed by atoms with van der Waals surface area (Å²) in [6.45, 7) is 5.87. The molecule has 3 aromatic rings. The molecule has 0 bridgehead atoms. The van der Waals surface area contributed by atoms with Crippen LogP contribution in [0.2, 0.25) is 0 Å². The number of aromatic nitrogens is 4. The summed E-state index contributed by atoms with van der Waals surface area (Å²) >= 11 is 0. The Kier molecular flexibility index (Phi) is 5.68. The van der Waals surface area contributed by atoms with Gasteiger partial charge in [-0.15, -0.1) is 0 Å². The molecule has 4 rings (SSSR count). The van der Waals surface area contributed by atoms with Crippen LogP contribution in [0, 0.1) is 18.6 Å². The highest BCUT2D eigenvalue weighted by atomic mass is 19.1. The Morgan fingerprint density at radius 1 is 1.25 bits per heavy atom. The molecule has 2 atom stereocenters. The molecule has 1 saturated heterocycles. The number of nitrogens with one attached hydrogen (secondary N) is 1. The second-order valence-corrected chi connectivity index (χ2v) is 8.17. The molecule has 11 heteroatoms. The van der Waals surface area contributed by atoms with Crippen LogP contribution in [0.3, 0.4) is 0 Å². The summed E-state index contributed by atoms with van der Waals surface area (Å²) in [6.07, 6.45) is -0.765. The maximum absolute atomic E-state index is 14.8. The van der Waals surface area contributed by atoms with Crippen LogP contribution in [0.4, 0.5) is 19.5 Å². The molecule has 1 amide bonds. The number of imidazole rings is 1. The van der Waals surface area contributed by atoms with E-state index in [1.54, 1.807) is 13.0 Å². The molecule has 9 nitrogen and oxygen atoms in total. The number of amides is 1. The topological polar surface area (TPSA) is 116 Å². The Bertz CT molecular complexity index is 1180. The second kappa shape index (κ2) is 8.30. The van der Waals surface area contributed by atoms with E-state index < -0.39 is 29.9 Å². The molecule has 3 N–H and O–H groups in total. The van der Waals surface area contributed by atoms with E-state index in [1.165, 1.54) is 6.07 Å². The van der Waals surface area contributed by atoms with Gasteiger partial charge in [0.25, 0.3) is 0 Å². The number of benzene rings is 1. The number of piperidine rings is 1. The number of fused-ring (bicyclic) bond motifs is 1. The highest BCUT2D eigenvalue weighted by molar-refractivity contribution is 5.83. The number of aliphatic hydroxyl groups is 1. The molecule has 0 spiro atoms. The molecule has 2 aromatic heterocycles. The van der Waals surface area contributed by atoms with Crippen molar-refractivity contribution >= 4 is 23.1 Å². The number of carboxylic acid groups (broad SMARTS) is 1. The van der Waals surface area contributed by atoms with Crippen molar-refractivity contribution in [2.24, 2.45) is 0 Å². The van der Waals surface area contributed by atoms with Gasteiger partial charge in [0.05, 0.1) is 30.4 Å². The van der Waals surface area contributed by atoms with E-state index in [2.05, 4.69) is 20.3 Å². The number of carbonyl (C=O) groups is 1. The number of β-amino-alcohol motifs (C(OH)–C–C–N with tert-alkyl or cyclic N) is 1. The van der Waals surface area contributed by atoms with Gasteiger partial charge in [0, 0.05) is 18.2 Å². The first-order valence-corrected chi connectivity index (χ1v) is 10.3. The molecule has 1 aliphatic rings. The number of hydrogen-bond acceptors (Lipinski definition) is 6. The lowest BCUT2D eigenvalue weighted by Crippen LogP contribution is -2.51. The van der Waals surface area contributed by atoms with Crippen molar-refractivity contribution in [2.45, 2.75) is 45.4 Å². The maximum Gasteiger partial charge on any atom is 0.407 e. The Morgan fingerprint density at radius 3 is 2.66 bits per heavy atom. The molecular formula is C21H24F2N6O3. The minimum atomic E-state index is -1.10. The van der Waals surface area contributed by atoms with Crippen LogP contribution in [0.15, 0.2) is 18.3 Å². The second-order valence-electron chi connectivity index (χ2n) is 8.17. The first-order chi connectivity index (χ1) is 15.2. The monoisotopic (exact) mass is 446 g/mol. The standard InChI is InChI=1S/C21H24F2N6O3/c1-10(2)29-11(3)25-19-13(22)6-12(7-16(19)29)18-14(23)8-24-20(27-18)26-15-4-5-28(21(31)32)9-17(15)30/h6-8,10,15,17,30H,4-5,9H2,1-3H3,(H,31,32)(H,24,26,27)/t15?,17-/m1/s1. The predicted octanol–water partition coefficient (Wildman–Crippen LogP) is 3.19. The summed E-state index contributed by atoms with van der Waals surface area (Å²) in [6, 6.07) is 2.36. The molecule has 32 heavy (non-hydrogen) atoms. The van der Waals surface area contributed by atoms with Crippen molar-refractivity contribution < 1.29 is 23.8 Å². The van der Waals surface area contributed by atoms with E-state index in [-0.39, 0.29) is 41.9 Å². The maximum atomic E-state index is 14.8. The minimum absolute atomic E-state index is 0.0280. The quantitative estimate of drug-likeness (QED) is 0.564. The Hall–Kier alpha value is -3.34. The van der Waals surface area contributed by atoms with E-state index in [0.717, 1.165) is 11.1 Å². The average Bonchev–Trinajstić information content (AvgIpc) is 3.07. The van der Waals surface area contributed by atoms with Crippen molar-refractivity contribution in [3.05, 3.63) is 35.8 Å². The molecule has 3 heterocycles. The molecule has 1 aliphatic heterocycles. The number of nitrogens with zero attached hydrogens (tertiary/aromatic N) is 5. The van der Waals surface area contributed by atoms with E-state index in [4.69, 9.17) is 5.11 Å². The third kappa shape index (κ3) is 3.95. The van der Waals surface area contributed by atoms with Crippen LogP contribution >= 0.6 is 0 Å². The molecule has 0 radical (unpaired) electrons. The predicted molar refractivity (Wildman–Crippen MR) is 113 cm³/mol. The van der Waals surface area contributed by atoms with Crippen molar-refractivity contribution in [3.63, 3.8) is 0 Å². The number of aliphatic hydroxyl groups excluding tert-OH is 1. The zero-order chi connectivity index (χ0) is 23.2. The van der Waals surface area contributed by atoms with Gasteiger partial charge in [0.2, 0.25) is 5.95 Å². The summed E-state index contributed by atoms with van der Waals surface area (Å²) in [5.41, 5.74) is 0.897. The highest BCUT2D eigenvalue weighted by Gasteiger charge is 2.30. The van der Waals surface area contributed by atoms with Gasteiger partial charge in [-0.05, 0) is 39.3 Å². The normalized spacial score (nSPS) is 19.0. The molecule has 1 unspecified atom stereocenters. The van der Waals surface area contributed by atoms with Gasteiger partial charge in [-0.25, -0.2) is 28.5 Å². The molecular weight excluding hydrogens is 422 g/mol. The lowest BCUT2D eigenvalue weighted by Gasteiger charge is -2.34. The van der Waals surface area contributed by atoms with E-state index >= 15 is 0 Å². The van der Waals surface area contributed by atoms with Crippen LogP contribution in [0.1, 0.15) is 32.1 Å². The van der Waals surface area contributed by atoms with E-state index in [9.17, 15) is 18.7 Å². The van der Waals surface area contributed by atoms with Crippen LogP contribution in [-0.2, 0) is 0 Å². The number of anilines is 1. The fraction of sp³-hybridized carbons (Fsp3) is 0.429. The van der Waals surface area contributed by atoms with E-state index in [1.807, 2.05) is 18.4 Å². The zero-order valence-electron chi connectivity index (χ0n) is 17.9. The molecule has 0 aliphatic carbocycles. The summed E-state index contributed by atoms with van der Waals surface area (Å²) in [5, 5.41) is 22.3. The lowest BCUT2D eigenvalue weighted by molar-refractivity contribution is 0.0573. The first-order valence-electron chi connectivity index (χ1n) is 10.3. The van der Waals surface area contributed by atoms with Crippen molar-refractivity contribution in [1.82, 2.24) is 24.4 Å². The van der Waals surface area contributed by atoms with Crippen LogP contribution in [0.5, 0.6) is 0 Å². The average molecular weight is 446 g/mol. The van der Waals surface area contributed by atoms with Crippen molar-refractivity contribution in [3.8, 4) is 11.3 Å². The van der Waals surface area contributed by atoms with Crippen LogP contribution in [0.25, 0.3) is 22.3 Å². The Morgan fingerprint density at radius 2 is 2.00 bits per heavy atom. The van der Waals surface area contributed by atoms with Gasteiger partial charge < -0.3 is 25.0 Å². The highest BCUT2D eigenvalue weighted by Crippen LogP contribution is 2.30. The summed E-state index contributed by atoms with van der Waals surface area (Å²) in [7, 11) is 0. The van der Waals surface area contributed by atoms with Crippen molar-refractivity contribution in [1.29, 1.82) is 0 Å². The molecule has 170 valence electrons. The van der Waals surface area contributed by atoms with Crippen LogP contribution < -0.4 is 5.32 Å². The van der Waals surface area contributed by atoms with Crippen molar-refractivity contribution in [2.75, 3.05) is 18.4 Å². The van der Waals surface area contributed by atoms with Gasteiger partial charge >= 0.3 is 6.09 Å². The smallest absolute Gasteiger partial charge is 0.407 e. The first kappa shape index (κ1) is 21.9. The van der Waals surface area contributed by atoms with E-state index in [0.29, 0.717) is 17.8 Å². The SMILES string of the molecule is Cc1nc2c(F)cc(-c3nc(NC4CCN(C(=O)O)C[C@H]4O)ncc3F)cc2n1C(C)C. The fourth-order valence-corrected chi connectivity index (χ4v) is 4.14. The molecule has 1 aromatic carbocycles. The third-order valence-electron chi connectivity index (χ3n) is 5.63. The zero-order valence-corrected chi connectivity index (χ0v) is 17.9.